The van der Waals surface area contributed by atoms with Gasteiger partial charge < -0.3 is 19.3 Å². The van der Waals surface area contributed by atoms with E-state index in [1.165, 1.54) is 28.7 Å². The van der Waals surface area contributed by atoms with Crippen LogP contribution in [0.4, 0.5) is 10.6 Å². The van der Waals surface area contributed by atoms with E-state index in [-0.39, 0.29) is 11.6 Å². The lowest BCUT2D eigenvalue weighted by Crippen LogP contribution is -2.53. The maximum Gasteiger partial charge on any atom is 0.410 e. The lowest BCUT2D eigenvalue weighted by atomic mass is 9.82. The number of hydrogen-bond donors (Lipinski definition) is 0. The molecule has 0 aliphatic carbocycles. The van der Waals surface area contributed by atoms with Gasteiger partial charge in [-0.2, -0.15) is 5.10 Å². The van der Waals surface area contributed by atoms with Crippen LogP contribution in [0.5, 0.6) is 0 Å². The largest absolute Gasteiger partial charge is 0.444 e. The van der Waals surface area contributed by atoms with Crippen molar-refractivity contribution in [1.82, 2.24) is 19.6 Å². The highest BCUT2D eigenvalue weighted by Gasteiger charge is 2.39. The molecule has 35 heavy (non-hydrogen) atoms. The quantitative estimate of drug-likeness (QED) is 0.467. The molecule has 4 rings (SSSR count). The average Bonchev–Trinajstić information content (AvgIpc) is 3.07. The van der Waals surface area contributed by atoms with E-state index in [1.807, 2.05) is 25.7 Å². The van der Waals surface area contributed by atoms with Crippen LogP contribution in [-0.2, 0) is 9.47 Å². The lowest BCUT2D eigenvalue weighted by Gasteiger charge is -2.47. The van der Waals surface area contributed by atoms with Gasteiger partial charge in [-0.15, -0.1) is 0 Å². The summed E-state index contributed by atoms with van der Waals surface area (Å²) in [5, 5.41) is 5.20. The Labute approximate surface area is 224 Å². The molecule has 3 saturated heterocycles. The van der Waals surface area contributed by atoms with Crippen molar-refractivity contribution in [2.24, 2.45) is 5.92 Å². The van der Waals surface area contributed by atoms with E-state index < -0.39 is 5.60 Å². The van der Waals surface area contributed by atoms with Crippen molar-refractivity contribution in [1.29, 1.82) is 0 Å². The molecule has 1 aromatic rings. The number of piperidine rings is 2. The van der Waals surface area contributed by atoms with Crippen LogP contribution in [0.1, 0.15) is 72.0 Å². The number of amides is 1. The lowest BCUT2D eigenvalue weighted by molar-refractivity contribution is 0.0184. The molecule has 1 atom stereocenters. The summed E-state index contributed by atoms with van der Waals surface area (Å²) >= 11 is 2.49. The standard InChI is InChI=1S/C26H44IN5O3/c1-19-22(27)23(28-32(19)21-8-10-30(11-9-21)24(33)35-25(2,3)4)31-12-7-20(17-26(31,5)6)18-29-13-15-34-16-14-29/h20-21H,7-18H2,1-6H3/t20-/m1/s1. The van der Waals surface area contributed by atoms with Gasteiger partial charge in [-0.3, -0.25) is 9.58 Å². The second-order valence-electron chi connectivity index (χ2n) is 12.1. The van der Waals surface area contributed by atoms with Crippen molar-refractivity contribution >= 4 is 34.5 Å². The van der Waals surface area contributed by atoms with E-state index in [0.717, 1.165) is 57.4 Å². The Morgan fingerprint density at radius 1 is 1.11 bits per heavy atom. The maximum absolute atomic E-state index is 12.5. The Morgan fingerprint density at radius 2 is 1.77 bits per heavy atom. The molecule has 0 radical (unpaired) electrons. The minimum Gasteiger partial charge on any atom is -0.444 e. The van der Waals surface area contributed by atoms with E-state index in [1.54, 1.807) is 0 Å². The molecular weight excluding hydrogens is 557 g/mol. The Hall–Kier alpha value is -1.07. The number of likely N-dealkylation sites (tertiary alicyclic amines) is 1. The van der Waals surface area contributed by atoms with Crippen LogP contribution in [0, 0.1) is 16.4 Å². The van der Waals surface area contributed by atoms with Gasteiger partial charge in [0.05, 0.1) is 28.5 Å². The third-order valence-electron chi connectivity index (χ3n) is 7.68. The minimum atomic E-state index is -0.458. The molecule has 1 amide bonds. The number of ether oxygens (including phenoxy) is 2. The first-order valence-corrected chi connectivity index (χ1v) is 14.3. The third kappa shape index (κ3) is 6.44. The van der Waals surface area contributed by atoms with Gasteiger partial charge in [0.1, 0.15) is 5.60 Å². The van der Waals surface area contributed by atoms with Gasteiger partial charge in [0.2, 0.25) is 0 Å². The van der Waals surface area contributed by atoms with Gasteiger partial charge >= 0.3 is 6.09 Å². The highest BCUT2D eigenvalue weighted by atomic mass is 127. The predicted octanol–water partition coefficient (Wildman–Crippen LogP) is 4.70. The normalized spacial score (nSPS) is 24.6. The summed E-state index contributed by atoms with van der Waals surface area (Å²) in [6.45, 7) is 20.2. The summed E-state index contributed by atoms with van der Waals surface area (Å²) in [5.41, 5.74) is 0.850. The van der Waals surface area contributed by atoms with Crippen LogP contribution >= 0.6 is 22.6 Å². The molecule has 0 N–H and O–H groups in total. The molecule has 0 saturated carbocycles. The Morgan fingerprint density at radius 3 is 2.37 bits per heavy atom. The predicted molar refractivity (Wildman–Crippen MR) is 147 cm³/mol. The number of anilines is 1. The zero-order valence-electron chi connectivity index (χ0n) is 22.5. The van der Waals surface area contributed by atoms with E-state index in [0.29, 0.717) is 19.1 Å². The molecule has 3 fully saturated rings. The van der Waals surface area contributed by atoms with Crippen LogP contribution in [-0.4, -0.2) is 89.3 Å². The fourth-order valence-corrected chi connectivity index (χ4v) is 6.51. The molecule has 8 nitrogen and oxygen atoms in total. The smallest absolute Gasteiger partial charge is 0.410 e. The Kier molecular flexibility index (Phi) is 8.27. The summed E-state index contributed by atoms with van der Waals surface area (Å²) in [6, 6.07) is 0.318. The highest BCUT2D eigenvalue weighted by Crippen LogP contribution is 2.39. The Bertz CT molecular complexity index is 882. The van der Waals surface area contributed by atoms with Crippen LogP contribution in [0.15, 0.2) is 0 Å². The first kappa shape index (κ1) is 27.0. The minimum absolute atomic E-state index is 0.0703. The molecule has 198 valence electrons. The number of halogens is 1. The van der Waals surface area contributed by atoms with Crippen molar-refractivity contribution in [2.45, 2.75) is 84.4 Å². The van der Waals surface area contributed by atoms with Crippen LogP contribution in [0.2, 0.25) is 0 Å². The zero-order valence-corrected chi connectivity index (χ0v) is 24.6. The summed E-state index contributed by atoms with van der Waals surface area (Å²) in [4.78, 5) is 19.4. The topological polar surface area (TPSA) is 63.1 Å². The van der Waals surface area contributed by atoms with Gasteiger partial charge in [-0.1, -0.05) is 0 Å². The van der Waals surface area contributed by atoms with Crippen molar-refractivity contribution in [3.05, 3.63) is 9.26 Å². The molecule has 0 bridgehead atoms. The first-order valence-electron chi connectivity index (χ1n) is 13.2. The monoisotopic (exact) mass is 601 g/mol. The van der Waals surface area contributed by atoms with E-state index in [4.69, 9.17) is 14.6 Å². The third-order valence-corrected chi connectivity index (χ3v) is 8.94. The summed E-state index contributed by atoms with van der Waals surface area (Å²) in [5.74, 6) is 1.85. The van der Waals surface area contributed by atoms with Crippen molar-refractivity contribution < 1.29 is 14.3 Å². The maximum atomic E-state index is 12.5. The number of nitrogens with zero attached hydrogens (tertiary/aromatic N) is 5. The fourth-order valence-electron chi connectivity index (χ4n) is 5.86. The number of rotatable bonds is 4. The molecular formula is C26H44IN5O3. The fraction of sp³-hybridized carbons (Fsp3) is 0.846. The molecule has 9 heteroatoms. The Balaban J connectivity index is 1.40. The van der Waals surface area contributed by atoms with Gasteiger partial charge in [0, 0.05) is 44.8 Å². The second kappa shape index (κ2) is 10.7. The summed E-state index contributed by atoms with van der Waals surface area (Å²) in [6.07, 6.45) is 3.99. The van der Waals surface area contributed by atoms with Crippen molar-refractivity contribution in [3.8, 4) is 0 Å². The first-order chi connectivity index (χ1) is 16.4. The second-order valence-corrected chi connectivity index (χ2v) is 13.2. The molecule has 3 aliphatic rings. The number of carbonyl (C=O) groups excluding carboxylic acids is 1. The van der Waals surface area contributed by atoms with Gasteiger partial charge in [-0.25, -0.2) is 4.79 Å². The zero-order chi connectivity index (χ0) is 25.4. The highest BCUT2D eigenvalue weighted by molar-refractivity contribution is 14.1. The number of carbonyl (C=O) groups is 1. The van der Waals surface area contributed by atoms with Gasteiger partial charge in [-0.05, 0) is 95.7 Å². The summed E-state index contributed by atoms with van der Waals surface area (Å²) < 4.78 is 14.6. The molecule has 0 spiro atoms. The molecule has 1 aromatic heterocycles. The molecule has 3 aliphatic heterocycles. The molecule has 0 unspecified atom stereocenters. The van der Waals surface area contributed by atoms with E-state index in [2.05, 4.69) is 57.8 Å². The van der Waals surface area contributed by atoms with Gasteiger partial charge in [0.25, 0.3) is 0 Å². The van der Waals surface area contributed by atoms with Crippen molar-refractivity contribution in [3.63, 3.8) is 0 Å². The molecule has 0 aromatic carbocycles. The van der Waals surface area contributed by atoms with Crippen LogP contribution < -0.4 is 4.90 Å². The van der Waals surface area contributed by atoms with Crippen molar-refractivity contribution in [2.75, 3.05) is 57.4 Å². The number of morpholine rings is 1. The van der Waals surface area contributed by atoms with Crippen LogP contribution in [0.25, 0.3) is 0 Å². The summed E-state index contributed by atoms with van der Waals surface area (Å²) in [7, 11) is 0. The number of hydrogen-bond acceptors (Lipinski definition) is 6. The van der Waals surface area contributed by atoms with Crippen LogP contribution in [0.3, 0.4) is 0 Å². The molecule has 4 heterocycles. The SMILES string of the molecule is Cc1c(I)c(N2CC[C@@H](CN3CCOCC3)CC2(C)C)nn1C1CCN(C(=O)OC(C)(C)C)CC1. The van der Waals surface area contributed by atoms with E-state index >= 15 is 0 Å². The van der Waals surface area contributed by atoms with E-state index in [9.17, 15) is 4.79 Å². The average molecular weight is 602 g/mol. The van der Waals surface area contributed by atoms with Gasteiger partial charge in [0.15, 0.2) is 5.82 Å². The number of aromatic nitrogens is 2.